The van der Waals surface area contributed by atoms with E-state index in [1.54, 1.807) is 7.11 Å². The summed E-state index contributed by atoms with van der Waals surface area (Å²) in [6.45, 7) is 8.59. The molecule has 2 rings (SSSR count). The van der Waals surface area contributed by atoms with Gasteiger partial charge in [-0.3, -0.25) is 4.90 Å². The van der Waals surface area contributed by atoms with Crippen LogP contribution in [0.3, 0.4) is 0 Å². The number of benzene rings is 2. The molecule has 0 spiro atoms. The molecule has 0 heterocycles. The second kappa shape index (κ2) is 10.6. The Bertz CT molecular complexity index is 702. The number of amides is 2. The van der Waals surface area contributed by atoms with Gasteiger partial charge >= 0.3 is 6.03 Å². The smallest absolute Gasteiger partial charge is 0.315 e. The van der Waals surface area contributed by atoms with Crippen molar-refractivity contribution in [1.82, 2.24) is 15.5 Å². The van der Waals surface area contributed by atoms with Gasteiger partial charge in [-0.15, -0.1) is 0 Å². The Hall–Kier alpha value is -2.53. The fourth-order valence-corrected chi connectivity index (χ4v) is 3.23. The third-order valence-corrected chi connectivity index (χ3v) is 4.83. The monoisotopic (exact) mass is 369 g/mol. The third-order valence-electron chi connectivity index (χ3n) is 4.83. The average molecular weight is 370 g/mol. The lowest BCUT2D eigenvalue weighted by Crippen LogP contribution is -2.42. The minimum Gasteiger partial charge on any atom is -0.497 e. The van der Waals surface area contributed by atoms with E-state index in [4.69, 9.17) is 4.74 Å². The Balaban J connectivity index is 2.03. The van der Waals surface area contributed by atoms with E-state index >= 15 is 0 Å². The van der Waals surface area contributed by atoms with Crippen LogP contribution in [0.4, 0.5) is 4.79 Å². The Labute approximate surface area is 162 Å². The van der Waals surface area contributed by atoms with Gasteiger partial charge in [-0.05, 0) is 43.3 Å². The number of nitrogens with zero attached hydrogens (tertiary/aromatic N) is 1. The zero-order valence-electron chi connectivity index (χ0n) is 16.7. The van der Waals surface area contributed by atoms with E-state index in [-0.39, 0.29) is 18.1 Å². The number of likely N-dealkylation sites (N-methyl/N-ethyl adjacent to an activating group) is 1. The lowest BCUT2D eigenvalue weighted by Gasteiger charge is -2.30. The molecule has 0 bridgehead atoms. The Morgan fingerprint density at radius 1 is 1.04 bits per heavy atom. The number of hydrogen-bond donors (Lipinski definition) is 2. The minimum atomic E-state index is -0.161. The van der Waals surface area contributed by atoms with Gasteiger partial charge in [0.15, 0.2) is 0 Å². The van der Waals surface area contributed by atoms with Crippen LogP contribution in [0.25, 0.3) is 0 Å². The van der Waals surface area contributed by atoms with Crippen molar-refractivity contribution in [2.24, 2.45) is 0 Å². The van der Waals surface area contributed by atoms with Crippen molar-refractivity contribution in [2.45, 2.75) is 32.9 Å². The molecule has 0 unspecified atom stereocenters. The highest BCUT2D eigenvalue weighted by Crippen LogP contribution is 2.23. The summed E-state index contributed by atoms with van der Waals surface area (Å²) in [4.78, 5) is 14.7. The van der Waals surface area contributed by atoms with Gasteiger partial charge in [0.25, 0.3) is 0 Å². The fraction of sp³-hybridized carbons (Fsp3) is 0.409. The van der Waals surface area contributed by atoms with Gasteiger partial charge < -0.3 is 15.4 Å². The number of nitrogens with one attached hydrogen (secondary N) is 2. The van der Waals surface area contributed by atoms with Crippen LogP contribution in [-0.2, 0) is 0 Å². The van der Waals surface area contributed by atoms with Crippen LogP contribution < -0.4 is 15.4 Å². The minimum absolute atomic E-state index is 0.0464. The van der Waals surface area contributed by atoms with Crippen LogP contribution in [0, 0.1) is 0 Å². The van der Waals surface area contributed by atoms with Gasteiger partial charge in [0, 0.05) is 6.54 Å². The van der Waals surface area contributed by atoms with Gasteiger partial charge in [0.1, 0.15) is 5.75 Å². The van der Waals surface area contributed by atoms with E-state index in [1.165, 1.54) is 0 Å². The van der Waals surface area contributed by atoms with E-state index in [0.717, 1.165) is 30.0 Å². The molecule has 5 nitrogen and oxygen atoms in total. The lowest BCUT2D eigenvalue weighted by molar-refractivity contribution is 0.205. The first-order chi connectivity index (χ1) is 13.1. The molecule has 0 radical (unpaired) electrons. The maximum atomic E-state index is 12.4. The van der Waals surface area contributed by atoms with Crippen molar-refractivity contribution in [2.75, 3.05) is 26.7 Å². The molecule has 5 heteroatoms. The summed E-state index contributed by atoms with van der Waals surface area (Å²) in [7, 11) is 1.67. The summed E-state index contributed by atoms with van der Waals surface area (Å²) in [5, 5.41) is 6.04. The van der Waals surface area contributed by atoms with Crippen LogP contribution >= 0.6 is 0 Å². The molecule has 0 fully saturated rings. The average Bonchev–Trinajstić information content (AvgIpc) is 2.71. The summed E-state index contributed by atoms with van der Waals surface area (Å²) in [6.07, 6.45) is 0. The topological polar surface area (TPSA) is 53.6 Å². The van der Waals surface area contributed by atoms with Crippen LogP contribution in [0.15, 0.2) is 54.6 Å². The number of carbonyl (C=O) groups is 1. The van der Waals surface area contributed by atoms with Gasteiger partial charge in [0.05, 0.1) is 19.2 Å². The van der Waals surface area contributed by atoms with Crippen molar-refractivity contribution in [3.63, 3.8) is 0 Å². The maximum Gasteiger partial charge on any atom is 0.315 e. The fourth-order valence-electron chi connectivity index (χ4n) is 3.23. The number of hydrogen-bond acceptors (Lipinski definition) is 3. The van der Waals surface area contributed by atoms with Gasteiger partial charge in [-0.1, -0.05) is 56.3 Å². The van der Waals surface area contributed by atoms with E-state index < -0.39 is 0 Å². The van der Waals surface area contributed by atoms with Crippen molar-refractivity contribution in [3.05, 3.63) is 65.7 Å². The molecule has 27 heavy (non-hydrogen) atoms. The second-order valence-corrected chi connectivity index (χ2v) is 6.50. The standard InChI is InChI=1S/C22H31N3O2/c1-5-25(6-2)21(19-13-10-14-20(15-19)27-4)16-23-22(26)24-17(3)18-11-8-7-9-12-18/h7-15,17,21H,5-6,16H2,1-4H3,(H2,23,24,26)/t17-,21-/m1/s1. The second-order valence-electron chi connectivity index (χ2n) is 6.50. The number of ether oxygens (including phenoxy) is 1. The molecule has 0 aliphatic carbocycles. The highest BCUT2D eigenvalue weighted by atomic mass is 16.5. The zero-order chi connectivity index (χ0) is 19.6. The molecule has 0 aliphatic heterocycles. The normalized spacial score (nSPS) is 13.1. The Kier molecular flexibility index (Phi) is 8.14. The van der Waals surface area contributed by atoms with Crippen LogP contribution in [-0.4, -0.2) is 37.7 Å². The van der Waals surface area contributed by atoms with Gasteiger partial charge in [-0.25, -0.2) is 4.79 Å². The van der Waals surface area contributed by atoms with Crippen molar-refractivity contribution in [3.8, 4) is 5.75 Å². The SMILES string of the molecule is CCN(CC)[C@H](CNC(=O)N[C@H](C)c1ccccc1)c1cccc(OC)c1. The van der Waals surface area contributed by atoms with Crippen LogP contribution in [0.1, 0.15) is 44.0 Å². The molecule has 2 atom stereocenters. The van der Waals surface area contributed by atoms with Crippen LogP contribution in [0.5, 0.6) is 5.75 Å². The van der Waals surface area contributed by atoms with E-state index in [1.807, 2.05) is 55.5 Å². The molecular weight excluding hydrogens is 338 g/mol. The van der Waals surface area contributed by atoms with Crippen molar-refractivity contribution >= 4 is 6.03 Å². The predicted molar refractivity (Wildman–Crippen MR) is 110 cm³/mol. The summed E-state index contributed by atoms with van der Waals surface area (Å²) in [5.41, 5.74) is 2.22. The molecule has 0 aromatic heterocycles. The molecule has 2 amide bonds. The molecule has 0 aliphatic rings. The summed E-state index contributed by atoms with van der Waals surface area (Å²) in [6, 6.07) is 17.9. The van der Waals surface area contributed by atoms with Gasteiger partial charge in [0.2, 0.25) is 0 Å². The van der Waals surface area contributed by atoms with Crippen LogP contribution in [0.2, 0.25) is 0 Å². The van der Waals surface area contributed by atoms with Crippen molar-refractivity contribution in [1.29, 1.82) is 0 Å². The number of carbonyl (C=O) groups excluding carboxylic acids is 1. The quantitative estimate of drug-likeness (QED) is 0.698. The van der Waals surface area contributed by atoms with E-state index in [0.29, 0.717) is 6.54 Å². The molecule has 0 saturated heterocycles. The first-order valence-corrected chi connectivity index (χ1v) is 9.56. The molecular formula is C22H31N3O2. The third kappa shape index (κ3) is 6.00. The first-order valence-electron chi connectivity index (χ1n) is 9.56. The first kappa shape index (κ1) is 20.8. The van der Waals surface area contributed by atoms with Crippen molar-refractivity contribution < 1.29 is 9.53 Å². The largest absolute Gasteiger partial charge is 0.497 e. The van der Waals surface area contributed by atoms with E-state index in [2.05, 4.69) is 35.4 Å². The molecule has 0 saturated carbocycles. The predicted octanol–water partition coefficient (Wildman–Crippen LogP) is 4.14. The Morgan fingerprint density at radius 2 is 1.70 bits per heavy atom. The van der Waals surface area contributed by atoms with Gasteiger partial charge in [-0.2, -0.15) is 0 Å². The molecule has 2 aromatic rings. The maximum absolute atomic E-state index is 12.4. The summed E-state index contributed by atoms with van der Waals surface area (Å²) < 4.78 is 5.36. The Morgan fingerprint density at radius 3 is 2.33 bits per heavy atom. The number of rotatable bonds is 9. The molecule has 146 valence electrons. The van der Waals surface area contributed by atoms with E-state index in [9.17, 15) is 4.79 Å². The number of urea groups is 1. The molecule has 2 N–H and O–H groups in total. The summed E-state index contributed by atoms with van der Waals surface area (Å²) in [5.74, 6) is 0.826. The molecule has 2 aromatic carbocycles. The highest BCUT2D eigenvalue weighted by Gasteiger charge is 2.20. The zero-order valence-corrected chi connectivity index (χ0v) is 16.7. The number of methoxy groups -OCH3 is 1. The lowest BCUT2D eigenvalue weighted by atomic mass is 10.0. The summed E-state index contributed by atoms with van der Waals surface area (Å²) >= 11 is 0. The highest BCUT2D eigenvalue weighted by molar-refractivity contribution is 5.74.